The summed E-state index contributed by atoms with van der Waals surface area (Å²) in [5.74, 6) is -1.81. The van der Waals surface area contributed by atoms with Gasteiger partial charge < -0.3 is 5.11 Å². The fourth-order valence-corrected chi connectivity index (χ4v) is 2.62. The number of aliphatic hydroxyl groups is 1. The molecule has 2 amide bonds. The molecule has 0 saturated heterocycles. The van der Waals surface area contributed by atoms with Crippen LogP contribution in [0.25, 0.3) is 5.57 Å². The van der Waals surface area contributed by atoms with Crippen LogP contribution in [0.5, 0.6) is 0 Å². The van der Waals surface area contributed by atoms with Crippen LogP contribution in [0.15, 0.2) is 48.2 Å². The van der Waals surface area contributed by atoms with E-state index < -0.39 is 17.6 Å². The van der Waals surface area contributed by atoms with E-state index in [4.69, 9.17) is 11.6 Å². The first kappa shape index (κ1) is 15.3. The number of hydrogen-bond donors (Lipinski definition) is 1. The first-order chi connectivity index (χ1) is 10.9. The molecule has 5 heteroatoms. The first-order valence-electron chi connectivity index (χ1n) is 7.05. The molecule has 1 aliphatic heterocycles. The highest BCUT2D eigenvalue weighted by molar-refractivity contribution is 6.45. The van der Waals surface area contributed by atoms with E-state index in [9.17, 15) is 14.7 Å². The molecule has 0 spiro atoms. The molecule has 2 aromatic carbocycles. The molecule has 0 saturated carbocycles. The number of aryl methyl sites for hydroxylation is 2. The molecule has 23 heavy (non-hydrogen) atoms. The van der Waals surface area contributed by atoms with Gasteiger partial charge >= 0.3 is 5.91 Å². The predicted molar refractivity (Wildman–Crippen MR) is 89.4 cm³/mol. The lowest BCUT2D eigenvalue weighted by Gasteiger charge is -2.16. The maximum atomic E-state index is 12.7. The summed E-state index contributed by atoms with van der Waals surface area (Å²) in [7, 11) is 0. The molecule has 1 heterocycles. The van der Waals surface area contributed by atoms with Crippen LogP contribution in [0, 0.1) is 13.8 Å². The smallest absolute Gasteiger partial charge is 0.301 e. The Bertz CT molecular complexity index is 853. The summed E-state index contributed by atoms with van der Waals surface area (Å²) in [5, 5.41) is 10.7. The number of carbonyl (C=O) groups excluding carboxylic acids is 2. The van der Waals surface area contributed by atoms with Crippen molar-refractivity contribution in [3.8, 4) is 0 Å². The molecular formula is C18H14ClNO3. The number of halogens is 1. The molecule has 0 bridgehead atoms. The zero-order valence-electron chi connectivity index (χ0n) is 12.6. The minimum atomic E-state index is -0.719. The summed E-state index contributed by atoms with van der Waals surface area (Å²) >= 11 is 5.84. The van der Waals surface area contributed by atoms with Crippen molar-refractivity contribution in [3.05, 3.63) is 69.9 Å². The molecule has 4 nitrogen and oxygen atoms in total. The van der Waals surface area contributed by atoms with Gasteiger partial charge in [0.15, 0.2) is 5.76 Å². The first-order valence-corrected chi connectivity index (χ1v) is 7.43. The topological polar surface area (TPSA) is 57.6 Å². The van der Waals surface area contributed by atoms with Crippen molar-refractivity contribution in [2.24, 2.45) is 0 Å². The summed E-state index contributed by atoms with van der Waals surface area (Å²) < 4.78 is 0. The second kappa shape index (κ2) is 5.56. The van der Waals surface area contributed by atoms with Gasteiger partial charge in [0.1, 0.15) is 0 Å². The molecule has 0 aromatic heterocycles. The fraction of sp³-hybridized carbons (Fsp3) is 0.111. The molecule has 116 valence electrons. The molecular weight excluding hydrogens is 314 g/mol. The third-order valence-corrected chi connectivity index (χ3v) is 4.19. The van der Waals surface area contributed by atoms with Gasteiger partial charge in [0.05, 0.1) is 11.3 Å². The normalized spacial score (nSPS) is 14.8. The lowest BCUT2D eigenvalue weighted by atomic mass is 10.1. The average Bonchev–Trinajstić information content (AvgIpc) is 2.74. The molecule has 2 aromatic rings. The molecule has 3 rings (SSSR count). The van der Waals surface area contributed by atoms with E-state index in [0.717, 1.165) is 16.0 Å². The van der Waals surface area contributed by atoms with E-state index in [1.807, 2.05) is 19.9 Å². The van der Waals surface area contributed by atoms with Gasteiger partial charge in [-0.3, -0.25) is 9.59 Å². The molecule has 0 aliphatic carbocycles. The van der Waals surface area contributed by atoms with Crippen molar-refractivity contribution in [1.29, 1.82) is 0 Å². The Labute approximate surface area is 138 Å². The van der Waals surface area contributed by atoms with Gasteiger partial charge in [0, 0.05) is 5.02 Å². The Balaban J connectivity index is 2.05. The fourth-order valence-electron chi connectivity index (χ4n) is 2.49. The summed E-state index contributed by atoms with van der Waals surface area (Å²) in [6, 6.07) is 11.7. The maximum Gasteiger partial charge on any atom is 0.301 e. The van der Waals surface area contributed by atoms with Gasteiger partial charge in [-0.25, -0.2) is 4.90 Å². The van der Waals surface area contributed by atoms with Gasteiger partial charge in [-0.15, -0.1) is 0 Å². The minimum Gasteiger partial charge on any atom is -0.502 e. The Morgan fingerprint density at radius 1 is 0.913 bits per heavy atom. The number of nitrogens with zero attached hydrogens (tertiary/aromatic N) is 1. The van der Waals surface area contributed by atoms with Crippen molar-refractivity contribution < 1.29 is 14.7 Å². The van der Waals surface area contributed by atoms with Gasteiger partial charge in [0.2, 0.25) is 0 Å². The predicted octanol–water partition coefficient (Wildman–Crippen LogP) is 3.80. The SMILES string of the molecule is Cc1ccc(N2C(=O)C(O)=C(c3ccc(Cl)cc3)C2=O)cc1C. The van der Waals surface area contributed by atoms with Crippen LogP contribution in [0.4, 0.5) is 5.69 Å². The molecule has 1 aliphatic rings. The summed E-state index contributed by atoms with van der Waals surface area (Å²) in [5.41, 5.74) is 2.91. The number of aliphatic hydroxyl groups excluding tert-OH is 1. The van der Waals surface area contributed by atoms with Crippen LogP contribution in [0.3, 0.4) is 0 Å². The van der Waals surface area contributed by atoms with E-state index in [1.165, 1.54) is 0 Å². The van der Waals surface area contributed by atoms with E-state index >= 15 is 0 Å². The average molecular weight is 328 g/mol. The van der Waals surface area contributed by atoms with Crippen LogP contribution in [-0.2, 0) is 9.59 Å². The Hall–Kier alpha value is -2.59. The van der Waals surface area contributed by atoms with Crippen molar-refractivity contribution in [2.45, 2.75) is 13.8 Å². The zero-order valence-corrected chi connectivity index (χ0v) is 13.4. The standard InChI is InChI=1S/C18H14ClNO3/c1-10-3-8-14(9-11(10)2)20-17(22)15(16(21)18(20)23)12-4-6-13(19)7-5-12/h3-9,21H,1-2H3. The Morgan fingerprint density at radius 2 is 1.57 bits per heavy atom. The van der Waals surface area contributed by atoms with Crippen LogP contribution in [0.1, 0.15) is 16.7 Å². The third kappa shape index (κ3) is 2.51. The Morgan fingerprint density at radius 3 is 2.17 bits per heavy atom. The minimum absolute atomic E-state index is 0.00936. The lowest BCUT2D eigenvalue weighted by Crippen LogP contribution is -2.31. The van der Waals surface area contributed by atoms with Gasteiger partial charge in [0.25, 0.3) is 5.91 Å². The maximum absolute atomic E-state index is 12.7. The highest BCUT2D eigenvalue weighted by Gasteiger charge is 2.40. The van der Waals surface area contributed by atoms with Gasteiger partial charge in [-0.2, -0.15) is 0 Å². The second-order valence-electron chi connectivity index (χ2n) is 5.44. The highest BCUT2D eigenvalue weighted by Crippen LogP contribution is 2.32. The zero-order chi connectivity index (χ0) is 16.7. The molecule has 0 unspecified atom stereocenters. The van der Waals surface area contributed by atoms with Crippen LogP contribution < -0.4 is 4.90 Å². The van der Waals surface area contributed by atoms with Crippen molar-refractivity contribution in [2.75, 3.05) is 4.90 Å². The monoisotopic (exact) mass is 327 g/mol. The summed E-state index contributed by atoms with van der Waals surface area (Å²) in [4.78, 5) is 26.0. The van der Waals surface area contributed by atoms with Gasteiger partial charge in [-0.05, 0) is 54.8 Å². The number of benzene rings is 2. The van der Waals surface area contributed by atoms with Crippen molar-refractivity contribution in [3.63, 3.8) is 0 Å². The summed E-state index contributed by atoms with van der Waals surface area (Å²) in [6.07, 6.45) is 0. The van der Waals surface area contributed by atoms with E-state index in [-0.39, 0.29) is 5.57 Å². The van der Waals surface area contributed by atoms with Crippen molar-refractivity contribution >= 4 is 34.7 Å². The van der Waals surface area contributed by atoms with E-state index in [2.05, 4.69) is 0 Å². The molecule has 1 N–H and O–H groups in total. The number of rotatable bonds is 2. The third-order valence-electron chi connectivity index (χ3n) is 3.94. The largest absolute Gasteiger partial charge is 0.502 e. The van der Waals surface area contributed by atoms with E-state index in [0.29, 0.717) is 16.3 Å². The number of amides is 2. The molecule has 0 fully saturated rings. The number of imide groups is 1. The van der Waals surface area contributed by atoms with Crippen LogP contribution in [0.2, 0.25) is 5.02 Å². The van der Waals surface area contributed by atoms with Gasteiger partial charge in [-0.1, -0.05) is 29.8 Å². The van der Waals surface area contributed by atoms with Crippen LogP contribution >= 0.6 is 11.6 Å². The molecule has 0 atom stereocenters. The van der Waals surface area contributed by atoms with Crippen LogP contribution in [-0.4, -0.2) is 16.9 Å². The number of anilines is 1. The number of carbonyl (C=O) groups is 2. The van der Waals surface area contributed by atoms with Crippen molar-refractivity contribution in [1.82, 2.24) is 0 Å². The highest BCUT2D eigenvalue weighted by atomic mass is 35.5. The summed E-state index contributed by atoms with van der Waals surface area (Å²) in [6.45, 7) is 3.85. The number of hydrogen-bond acceptors (Lipinski definition) is 3. The lowest BCUT2D eigenvalue weighted by molar-refractivity contribution is -0.121. The second-order valence-corrected chi connectivity index (χ2v) is 5.88. The van der Waals surface area contributed by atoms with E-state index in [1.54, 1.807) is 36.4 Å². The quantitative estimate of drug-likeness (QED) is 0.853. The Kier molecular flexibility index (Phi) is 3.70. The molecule has 0 radical (unpaired) electrons.